The van der Waals surface area contributed by atoms with E-state index in [2.05, 4.69) is 12.2 Å². The SMILES string of the molecule is CCCOC(=O)CCC(=O)OC1CC/C=C\CCC1. The van der Waals surface area contributed by atoms with Crippen LogP contribution in [0.5, 0.6) is 0 Å². The molecule has 4 nitrogen and oxygen atoms in total. The molecule has 1 aliphatic carbocycles. The average Bonchev–Trinajstić information content (AvgIpc) is 2.37. The highest BCUT2D eigenvalue weighted by Gasteiger charge is 2.16. The van der Waals surface area contributed by atoms with E-state index in [1.54, 1.807) is 0 Å². The van der Waals surface area contributed by atoms with Crippen LogP contribution in [0.25, 0.3) is 0 Å². The molecule has 1 atom stereocenters. The van der Waals surface area contributed by atoms with E-state index in [0.717, 1.165) is 38.5 Å². The highest BCUT2D eigenvalue weighted by atomic mass is 16.5. The molecule has 4 heteroatoms. The van der Waals surface area contributed by atoms with Gasteiger partial charge in [0.1, 0.15) is 6.10 Å². The maximum absolute atomic E-state index is 11.6. The van der Waals surface area contributed by atoms with Crippen molar-refractivity contribution in [1.82, 2.24) is 0 Å². The Morgan fingerprint density at radius 3 is 2.63 bits per heavy atom. The van der Waals surface area contributed by atoms with Crippen LogP contribution in [-0.4, -0.2) is 24.6 Å². The van der Waals surface area contributed by atoms with E-state index in [0.29, 0.717) is 6.61 Å². The van der Waals surface area contributed by atoms with Gasteiger partial charge in [-0.15, -0.1) is 0 Å². The molecule has 0 aromatic heterocycles. The van der Waals surface area contributed by atoms with Crippen LogP contribution >= 0.6 is 0 Å². The summed E-state index contributed by atoms with van der Waals surface area (Å²) < 4.78 is 10.3. The van der Waals surface area contributed by atoms with Gasteiger partial charge in [-0.25, -0.2) is 0 Å². The molecule has 0 amide bonds. The summed E-state index contributed by atoms with van der Waals surface area (Å²) >= 11 is 0. The van der Waals surface area contributed by atoms with Gasteiger partial charge in [-0.1, -0.05) is 19.1 Å². The number of ether oxygens (including phenoxy) is 2. The van der Waals surface area contributed by atoms with Crippen LogP contribution in [-0.2, 0) is 19.1 Å². The van der Waals surface area contributed by atoms with Gasteiger partial charge in [0.25, 0.3) is 0 Å². The third-order valence-corrected chi connectivity index (χ3v) is 3.02. The summed E-state index contributed by atoms with van der Waals surface area (Å²) in [6.45, 7) is 2.35. The maximum atomic E-state index is 11.6. The van der Waals surface area contributed by atoms with Gasteiger partial charge in [-0.2, -0.15) is 0 Å². The van der Waals surface area contributed by atoms with Crippen LogP contribution in [0.2, 0.25) is 0 Å². The fraction of sp³-hybridized carbons (Fsp3) is 0.733. The van der Waals surface area contributed by atoms with Crippen molar-refractivity contribution in [2.45, 2.75) is 64.4 Å². The molecule has 1 unspecified atom stereocenters. The first-order valence-corrected chi connectivity index (χ1v) is 7.22. The lowest BCUT2D eigenvalue weighted by molar-refractivity contribution is -0.154. The Labute approximate surface area is 115 Å². The van der Waals surface area contributed by atoms with Crippen molar-refractivity contribution in [1.29, 1.82) is 0 Å². The summed E-state index contributed by atoms with van der Waals surface area (Å²) in [5.74, 6) is -0.609. The lowest BCUT2D eigenvalue weighted by Gasteiger charge is -2.18. The molecule has 0 fully saturated rings. The van der Waals surface area contributed by atoms with Crippen LogP contribution < -0.4 is 0 Å². The van der Waals surface area contributed by atoms with Gasteiger partial charge in [0.2, 0.25) is 0 Å². The Balaban J connectivity index is 2.18. The Bertz CT molecular complexity index is 309. The molecule has 1 aliphatic rings. The first kappa shape index (κ1) is 15.7. The second-order valence-electron chi connectivity index (χ2n) is 4.81. The molecule has 0 aromatic rings. The van der Waals surface area contributed by atoms with Gasteiger partial charge in [-0.3, -0.25) is 9.59 Å². The monoisotopic (exact) mass is 268 g/mol. The van der Waals surface area contributed by atoms with E-state index < -0.39 is 0 Å². The van der Waals surface area contributed by atoms with E-state index in [1.807, 2.05) is 6.92 Å². The third kappa shape index (κ3) is 7.65. The standard InChI is InChI=1S/C15H24O4/c1-2-12-18-14(16)10-11-15(17)19-13-8-6-4-3-5-7-9-13/h3-4,13H,2,5-12H2,1H3/b4-3-. The Morgan fingerprint density at radius 1 is 1.11 bits per heavy atom. The van der Waals surface area contributed by atoms with Gasteiger partial charge in [-0.05, 0) is 38.5 Å². The van der Waals surface area contributed by atoms with Crippen LogP contribution in [0.15, 0.2) is 12.2 Å². The van der Waals surface area contributed by atoms with E-state index in [4.69, 9.17) is 9.47 Å². The van der Waals surface area contributed by atoms with Crippen molar-refractivity contribution in [3.05, 3.63) is 12.2 Å². The lowest BCUT2D eigenvalue weighted by Crippen LogP contribution is -2.19. The summed E-state index contributed by atoms with van der Waals surface area (Å²) in [4.78, 5) is 22.9. The molecule has 0 radical (unpaired) electrons. The molecule has 108 valence electrons. The van der Waals surface area contributed by atoms with Gasteiger partial charge in [0.15, 0.2) is 0 Å². The number of rotatable bonds is 6. The Morgan fingerprint density at radius 2 is 1.84 bits per heavy atom. The van der Waals surface area contributed by atoms with Crippen molar-refractivity contribution in [3.8, 4) is 0 Å². The fourth-order valence-electron chi connectivity index (χ4n) is 1.98. The van der Waals surface area contributed by atoms with Gasteiger partial charge in [0, 0.05) is 0 Å². The predicted molar refractivity (Wildman–Crippen MR) is 72.6 cm³/mol. The fourth-order valence-corrected chi connectivity index (χ4v) is 1.98. The minimum Gasteiger partial charge on any atom is -0.466 e. The first-order chi connectivity index (χ1) is 9.22. The molecule has 19 heavy (non-hydrogen) atoms. The number of hydrogen-bond donors (Lipinski definition) is 0. The van der Waals surface area contributed by atoms with E-state index in [-0.39, 0.29) is 30.9 Å². The van der Waals surface area contributed by atoms with Crippen molar-refractivity contribution in [3.63, 3.8) is 0 Å². The zero-order valence-electron chi connectivity index (χ0n) is 11.7. The van der Waals surface area contributed by atoms with Crippen molar-refractivity contribution in [2.75, 3.05) is 6.61 Å². The van der Waals surface area contributed by atoms with Crippen LogP contribution in [0, 0.1) is 0 Å². The second kappa shape index (κ2) is 9.59. The summed E-state index contributed by atoms with van der Waals surface area (Å²) in [5, 5.41) is 0. The molecule has 0 N–H and O–H groups in total. The van der Waals surface area contributed by atoms with E-state index in [1.165, 1.54) is 0 Å². The molecular weight excluding hydrogens is 244 g/mol. The third-order valence-electron chi connectivity index (χ3n) is 3.02. The largest absolute Gasteiger partial charge is 0.466 e. The van der Waals surface area contributed by atoms with Gasteiger partial charge in [0.05, 0.1) is 19.4 Å². The molecule has 0 saturated carbocycles. The number of carbonyl (C=O) groups is 2. The minimum atomic E-state index is -0.320. The molecule has 0 aromatic carbocycles. The quantitative estimate of drug-likeness (QED) is 0.548. The Hall–Kier alpha value is -1.32. The highest BCUT2D eigenvalue weighted by molar-refractivity contribution is 5.77. The number of hydrogen-bond acceptors (Lipinski definition) is 4. The minimum absolute atomic E-state index is 0.00381. The summed E-state index contributed by atoms with van der Waals surface area (Å²) in [5.41, 5.74) is 0. The van der Waals surface area contributed by atoms with Gasteiger partial charge < -0.3 is 9.47 Å². The van der Waals surface area contributed by atoms with Crippen molar-refractivity contribution >= 4 is 11.9 Å². The zero-order valence-corrected chi connectivity index (χ0v) is 11.7. The maximum Gasteiger partial charge on any atom is 0.306 e. The smallest absolute Gasteiger partial charge is 0.306 e. The van der Waals surface area contributed by atoms with E-state index in [9.17, 15) is 9.59 Å². The van der Waals surface area contributed by atoms with E-state index >= 15 is 0 Å². The molecule has 0 bridgehead atoms. The van der Waals surface area contributed by atoms with Crippen LogP contribution in [0.3, 0.4) is 0 Å². The molecule has 0 aliphatic heterocycles. The number of allylic oxidation sites excluding steroid dienone is 2. The zero-order chi connectivity index (χ0) is 13.9. The number of esters is 2. The highest BCUT2D eigenvalue weighted by Crippen LogP contribution is 2.16. The normalized spacial score (nSPS) is 21.0. The second-order valence-corrected chi connectivity index (χ2v) is 4.81. The molecule has 0 spiro atoms. The average molecular weight is 268 g/mol. The first-order valence-electron chi connectivity index (χ1n) is 7.22. The predicted octanol–water partition coefficient (Wildman–Crippen LogP) is 3.15. The number of carbonyl (C=O) groups excluding carboxylic acids is 2. The summed E-state index contributed by atoms with van der Waals surface area (Å²) in [7, 11) is 0. The van der Waals surface area contributed by atoms with Crippen molar-refractivity contribution in [2.24, 2.45) is 0 Å². The van der Waals surface area contributed by atoms with Gasteiger partial charge >= 0.3 is 11.9 Å². The summed E-state index contributed by atoms with van der Waals surface area (Å²) in [6.07, 6.45) is 10.2. The Kier molecular flexibility index (Phi) is 7.94. The molecule has 1 rings (SSSR count). The van der Waals surface area contributed by atoms with Crippen LogP contribution in [0.4, 0.5) is 0 Å². The molecule has 0 heterocycles. The lowest BCUT2D eigenvalue weighted by atomic mass is 10.0. The van der Waals surface area contributed by atoms with Crippen molar-refractivity contribution < 1.29 is 19.1 Å². The summed E-state index contributed by atoms with van der Waals surface area (Å²) in [6, 6.07) is 0. The molecule has 0 saturated heterocycles. The van der Waals surface area contributed by atoms with Crippen LogP contribution in [0.1, 0.15) is 58.3 Å². The molecular formula is C15H24O4. The topological polar surface area (TPSA) is 52.6 Å².